The first-order valence-electron chi connectivity index (χ1n) is 7.30. The maximum atomic E-state index is 12.8. The van der Waals surface area contributed by atoms with E-state index in [1.54, 1.807) is 35.2 Å². The van der Waals surface area contributed by atoms with Crippen molar-refractivity contribution in [2.24, 2.45) is 0 Å². The van der Waals surface area contributed by atoms with Gasteiger partial charge in [0.1, 0.15) is 6.17 Å². The minimum Gasteiger partial charge on any atom is -0.504 e. The molecule has 0 aromatic heterocycles. The minimum atomic E-state index is -0.357. The number of aromatic hydroxyl groups is 1. The number of nitrogens with zero attached hydrogens (tertiary/aromatic N) is 1. The van der Waals surface area contributed by atoms with Gasteiger partial charge in [0.25, 0.3) is 5.91 Å². The topological polar surface area (TPSA) is 61.8 Å². The number of methoxy groups -OCH3 is 1. The van der Waals surface area contributed by atoms with Gasteiger partial charge in [0.2, 0.25) is 0 Å². The van der Waals surface area contributed by atoms with Gasteiger partial charge in [-0.3, -0.25) is 4.79 Å². The monoisotopic (exact) mass is 310 g/mol. The highest BCUT2D eigenvalue weighted by atomic mass is 16.5. The van der Waals surface area contributed by atoms with Crippen LogP contribution in [0.15, 0.2) is 55.1 Å². The van der Waals surface area contributed by atoms with E-state index in [1.165, 1.54) is 7.11 Å². The van der Waals surface area contributed by atoms with Gasteiger partial charge in [0.15, 0.2) is 11.5 Å². The lowest BCUT2D eigenvalue weighted by atomic mass is 10.0. The molecule has 118 valence electrons. The van der Waals surface area contributed by atoms with Crippen molar-refractivity contribution in [3.8, 4) is 11.5 Å². The molecule has 5 heteroatoms. The van der Waals surface area contributed by atoms with Crippen LogP contribution in [0.3, 0.4) is 0 Å². The number of fused-ring (bicyclic) bond motifs is 1. The molecule has 1 amide bonds. The zero-order chi connectivity index (χ0) is 16.4. The van der Waals surface area contributed by atoms with Crippen LogP contribution >= 0.6 is 0 Å². The van der Waals surface area contributed by atoms with E-state index < -0.39 is 0 Å². The largest absolute Gasteiger partial charge is 0.504 e. The number of hydrogen-bond acceptors (Lipinski definition) is 4. The molecule has 0 fully saturated rings. The molecule has 0 radical (unpaired) electrons. The number of amides is 1. The van der Waals surface area contributed by atoms with Crippen molar-refractivity contribution >= 4 is 11.6 Å². The van der Waals surface area contributed by atoms with Crippen LogP contribution in [0.2, 0.25) is 0 Å². The third-order valence-electron chi connectivity index (χ3n) is 3.87. The first-order valence-corrected chi connectivity index (χ1v) is 7.30. The number of nitrogens with one attached hydrogen (secondary N) is 1. The van der Waals surface area contributed by atoms with Crippen LogP contribution in [0.4, 0.5) is 5.69 Å². The summed E-state index contributed by atoms with van der Waals surface area (Å²) in [4.78, 5) is 14.5. The third kappa shape index (κ3) is 2.61. The summed E-state index contributed by atoms with van der Waals surface area (Å²) in [5, 5.41) is 13.1. The van der Waals surface area contributed by atoms with Crippen LogP contribution in [-0.2, 0) is 0 Å². The Kier molecular flexibility index (Phi) is 3.93. The van der Waals surface area contributed by atoms with E-state index in [4.69, 9.17) is 4.74 Å². The zero-order valence-corrected chi connectivity index (χ0v) is 12.8. The molecule has 3 rings (SSSR count). The molecule has 1 aliphatic rings. The molecule has 23 heavy (non-hydrogen) atoms. The molecular formula is C18H18N2O3. The first-order chi connectivity index (χ1) is 11.2. The molecule has 2 N–H and O–H groups in total. The number of para-hydroxylation sites is 1. The van der Waals surface area contributed by atoms with Gasteiger partial charge >= 0.3 is 0 Å². The van der Waals surface area contributed by atoms with Crippen molar-refractivity contribution in [1.29, 1.82) is 0 Å². The molecule has 1 unspecified atom stereocenters. The predicted molar refractivity (Wildman–Crippen MR) is 88.7 cm³/mol. The van der Waals surface area contributed by atoms with E-state index in [0.717, 1.165) is 11.3 Å². The molecule has 0 spiro atoms. The summed E-state index contributed by atoms with van der Waals surface area (Å²) in [5.74, 6) is 0.375. The number of carbonyl (C=O) groups excluding carboxylic acids is 1. The third-order valence-corrected chi connectivity index (χ3v) is 3.87. The highest BCUT2D eigenvalue weighted by Gasteiger charge is 2.32. The van der Waals surface area contributed by atoms with Crippen molar-refractivity contribution in [2.75, 3.05) is 19.0 Å². The van der Waals surface area contributed by atoms with E-state index >= 15 is 0 Å². The van der Waals surface area contributed by atoms with Crippen molar-refractivity contribution in [2.45, 2.75) is 6.17 Å². The van der Waals surface area contributed by atoms with Crippen molar-refractivity contribution < 1.29 is 14.6 Å². The summed E-state index contributed by atoms with van der Waals surface area (Å²) >= 11 is 0. The number of phenols is 1. The van der Waals surface area contributed by atoms with Gasteiger partial charge in [-0.05, 0) is 29.8 Å². The first kappa shape index (κ1) is 15.0. The van der Waals surface area contributed by atoms with Gasteiger partial charge in [-0.1, -0.05) is 24.3 Å². The Bertz CT molecular complexity index is 758. The van der Waals surface area contributed by atoms with Crippen LogP contribution in [0, 0.1) is 0 Å². The Morgan fingerprint density at radius 1 is 1.35 bits per heavy atom. The number of anilines is 1. The molecule has 0 saturated carbocycles. The number of hydrogen-bond donors (Lipinski definition) is 2. The van der Waals surface area contributed by atoms with E-state index in [0.29, 0.717) is 17.9 Å². The number of rotatable bonds is 4. The Hall–Kier alpha value is -2.95. The lowest BCUT2D eigenvalue weighted by Crippen LogP contribution is -2.42. The highest BCUT2D eigenvalue weighted by molar-refractivity contribution is 6.01. The van der Waals surface area contributed by atoms with Crippen molar-refractivity contribution in [1.82, 2.24) is 4.90 Å². The van der Waals surface area contributed by atoms with Crippen LogP contribution in [0.1, 0.15) is 22.1 Å². The molecule has 5 nitrogen and oxygen atoms in total. The predicted octanol–water partition coefficient (Wildman–Crippen LogP) is 3.15. The molecule has 1 aliphatic heterocycles. The van der Waals surface area contributed by atoms with Crippen LogP contribution in [0.25, 0.3) is 0 Å². The molecule has 2 aromatic rings. The molecule has 0 saturated heterocycles. The summed E-state index contributed by atoms with van der Waals surface area (Å²) < 4.78 is 5.17. The maximum Gasteiger partial charge on any atom is 0.258 e. The second-order valence-electron chi connectivity index (χ2n) is 5.27. The number of ether oxygens (including phenoxy) is 1. The van der Waals surface area contributed by atoms with Gasteiger partial charge in [-0.25, -0.2) is 0 Å². The summed E-state index contributed by atoms with van der Waals surface area (Å²) in [7, 11) is 1.50. The Labute approximate surface area is 134 Å². The van der Waals surface area contributed by atoms with Gasteiger partial charge in [-0.2, -0.15) is 0 Å². The van der Waals surface area contributed by atoms with Gasteiger partial charge < -0.3 is 20.1 Å². The summed E-state index contributed by atoms with van der Waals surface area (Å²) in [6.45, 7) is 4.15. The average molecular weight is 310 g/mol. The summed E-state index contributed by atoms with van der Waals surface area (Å²) in [6.07, 6.45) is 1.34. The molecule has 1 heterocycles. The van der Waals surface area contributed by atoms with E-state index in [1.807, 2.05) is 18.2 Å². The Balaban J connectivity index is 2.06. The van der Waals surface area contributed by atoms with Crippen LogP contribution < -0.4 is 10.1 Å². The highest BCUT2D eigenvalue weighted by Crippen LogP contribution is 2.36. The average Bonchev–Trinajstić information content (AvgIpc) is 2.58. The fourth-order valence-corrected chi connectivity index (χ4v) is 2.75. The molecule has 0 aliphatic carbocycles. The zero-order valence-electron chi connectivity index (χ0n) is 12.8. The fourth-order valence-electron chi connectivity index (χ4n) is 2.75. The lowest BCUT2D eigenvalue weighted by Gasteiger charge is -2.37. The van der Waals surface area contributed by atoms with Crippen molar-refractivity contribution in [3.63, 3.8) is 0 Å². The van der Waals surface area contributed by atoms with E-state index in [2.05, 4.69) is 11.9 Å². The molecule has 0 bridgehead atoms. The fraction of sp³-hybridized carbons (Fsp3) is 0.167. The number of benzene rings is 2. The van der Waals surface area contributed by atoms with Crippen LogP contribution in [0.5, 0.6) is 11.5 Å². The quantitative estimate of drug-likeness (QED) is 0.852. The van der Waals surface area contributed by atoms with Gasteiger partial charge in [0.05, 0.1) is 12.7 Å². The lowest BCUT2D eigenvalue weighted by molar-refractivity contribution is 0.0707. The van der Waals surface area contributed by atoms with E-state index in [9.17, 15) is 9.90 Å². The second kappa shape index (κ2) is 6.04. The Morgan fingerprint density at radius 2 is 2.13 bits per heavy atom. The summed E-state index contributed by atoms with van der Waals surface area (Å²) in [6, 6.07) is 12.5. The Morgan fingerprint density at radius 3 is 2.87 bits per heavy atom. The number of phenolic OH excluding ortho intramolecular Hbond substituents is 1. The van der Waals surface area contributed by atoms with Crippen molar-refractivity contribution in [3.05, 3.63) is 66.2 Å². The smallest absolute Gasteiger partial charge is 0.258 e. The normalized spacial score (nSPS) is 16.5. The van der Waals surface area contributed by atoms with Gasteiger partial charge in [-0.15, -0.1) is 6.58 Å². The molecule has 2 aromatic carbocycles. The van der Waals surface area contributed by atoms with E-state index in [-0.39, 0.29) is 17.8 Å². The SMILES string of the molecule is C=CCN1C(=O)c2ccccc2NC1c1ccc(O)c(OC)c1. The standard InChI is InChI=1S/C18H18N2O3/c1-3-10-20-17(12-8-9-15(21)16(11-12)23-2)19-14-7-5-4-6-13(14)18(20)22/h3-9,11,17,19,21H,1,10H2,2H3. The van der Waals surface area contributed by atoms with Crippen LogP contribution in [-0.4, -0.2) is 29.6 Å². The van der Waals surface area contributed by atoms with Gasteiger partial charge in [0, 0.05) is 12.2 Å². The minimum absolute atomic E-state index is 0.0590. The second-order valence-corrected chi connectivity index (χ2v) is 5.27. The maximum absolute atomic E-state index is 12.8. The summed E-state index contributed by atoms with van der Waals surface area (Å²) in [5.41, 5.74) is 2.25. The number of carbonyl (C=O) groups is 1. The molecular weight excluding hydrogens is 292 g/mol. The molecule has 1 atom stereocenters.